The summed E-state index contributed by atoms with van der Waals surface area (Å²) in [6.45, 7) is 8.66. The van der Waals surface area contributed by atoms with Gasteiger partial charge < -0.3 is 24.2 Å². The van der Waals surface area contributed by atoms with E-state index in [2.05, 4.69) is 20.8 Å². The second kappa shape index (κ2) is 19.9. The Hall–Kier alpha value is -3.07. The van der Waals surface area contributed by atoms with E-state index in [9.17, 15) is 24.0 Å². The molecule has 9 heteroatoms. The summed E-state index contributed by atoms with van der Waals surface area (Å²) >= 11 is 0. The minimum absolute atomic E-state index is 0.000274. The summed E-state index contributed by atoms with van der Waals surface area (Å²) in [5.74, 6) is 0.283. The van der Waals surface area contributed by atoms with E-state index in [1.54, 1.807) is 19.1 Å². The molecule has 1 aliphatic heterocycles. The molecular weight excluding hydrogens is 618 g/mol. The van der Waals surface area contributed by atoms with E-state index < -0.39 is 17.7 Å². The molecule has 0 bridgehead atoms. The number of amides is 2. The lowest BCUT2D eigenvalue weighted by molar-refractivity contribution is -0.150. The number of carbonyl (C=O) groups is 5. The first-order valence-electron chi connectivity index (χ1n) is 19.1. The molecule has 3 atom stereocenters. The molecule has 2 aliphatic rings. The van der Waals surface area contributed by atoms with Crippen molar-refractivity contribution in [2.45, 2.75) is 161 Å². The summed E-state index contributed by atoms with van der Waals surface area (Å²) in [5, 5.41) is 0. The Morgan fingerprint density at radius 2 is 1.51 bits per heavy atom. The first kappa shape index (κ1) is 40.4. The summed E-state index contributed by atoms with van der Waals surface area (Å²) in [6, 6.07) is 6.00. The molecule has 1 saturated heterocycles. The van der Waals surface area contributed by atoms with E-state index in [1.165, 1.54) is 0 Å². The van der Waals surface area contributed by atoms with Gasteiger partial charge in [0.15, 0.2) is 5.78 Å². The number of carbonyl (C=O) groups excluding carboxylic acids is 5. The Bertz CT molecular complexity index is 1240. The van der Waals surface area contributed by atoms with Crippen LogP contribution in [0.3, 0.4) is 0 Å². The van der Waals surface area contributed by atoms with Gasteiger partial charge in [-0.2, -0.15) is 0 Å². The Balaban J connectivity index is 1.88. The van der Waals surface area contributed by atoms with Crippen molar-refractivity contribution >= 4 is 29.4 Å². The highest BCUT2D eigenvalue weighted by Gasteiger charge is 2.62. The molecule has 2 amide bonds. The molecule has 0 N–H and O–H groups in total. The van der Waals surface area contributed by atoms with E-state index in [0.717, 1.165) is 82.7 Å². The zero-order valence-electron chi connectivity index (χ0n) is 31.3. The van der Waals surface area contributed by atoms with E-state index in [1.807, 2.05) is 40.9 Å². The number of hydrogen-bond donors (Lipinski definition) is 0. The van der Waals surface area contributed by atoms with Crippen LogP contribution in [0.25, 0.3) is 0 Å². The second-order valence-electron chi connectivity index (χ2n) is 14.8. The largest absolute Gasteiger partial charge is 0.427 e. The average Bonchev–Trinajstić information content (AvgIpc) is 3.62. The number of unbranched alkanes of at least 4 members (excludes halogenated alkanes) is 5. The third-order valence-corrected chi connectivity index (χ3v) is 10.5. The quantitative estimate of drug-likeness (QED) is 0.0720. The standard InChI is InChI=1S/C40H63N3O6/c1-7-9-12-20-36(46)42-34(29-32-22-24-33(25-23-32)49-37(47)21-17-28-41(5)6)39(48)43(40(42)26-15-16-27-40)38(30(3)8-2)35(45)19-14-11-10-13-18-31(4)44/h22-25,30,34,38H,7-21,26-29H2,1-6H3. The maximum absolute atomic E-state index is 14.8. The number of nitrogens with zero attached hydrogens (tertiary/aromatic N) is 3. The van der Waals surface area contributed by atoms with Crippen LogP contribution >= 0.6 is 0 Å². The first-order valence-corrected chi connectivity index (χ1v) is 19.1. The van der Waals surface area contributed by atoms with Gasteiger partial charge in [-0.25, -0.2) is 0 Å². The van der Waals surface area contributed by atoms with Gasteiger partial charge in [0.2, 0.25) is 11.8 Å². The van der Waals surface area contributed by atoms with E-state index in [-0.39, 0.29) is 35.3 Å². The van der Waals surface area contributed by atoms with Gasteiger partial charge in [-0.15, -0.1) is 0 Å². The predicted octanol–water partition coefficient (Wildman–Crippen LogP) is 7.28. The smallest absolute Gasteiger partial charge is 0.311 e. The van der Waals surface area contributed by atoms with Gasteiger partial charge in [-0.1, -0.05) is 65.0 Å². The van der Waals surface area contributed by atoms with Crippen LogP contribution in [0.5, 0.6) is 5.75 Å². The molecule has 9 nitrogen and oxygen atoms in total. The number of esters is 1. The lowest BCUT2D eigenvalue weighted by atomic mass is 9.88. The van der Waals surface area contributed by atoms with Crippen molar-refractivity contribution in [2.75, 3.05) is 20.6 Å². The number of ketones is 2. The molecule has 1 aromatic rings. The third kappa shape index (κ3) is 11.2. The van der Waals surface area contributed by atoms with Crippen LogP contribution in [0.4, 0.5) is 0 Å². The fraction of sp³-hybridized carbons (Fsp3) is 0.725. The van der Waals surface area contributed by atoms with Crippen molar-refractivity contribution in [1.82, 2.24) is 14.7 Å². The highest BCUT2D eigenvalue weighted by Crippen LogP contribution is 2.48. The second-order valence-corrected chi connectivity index (χ2v) is 14.8. The van der Waals surface area contributed by atoms with E-state index in [0.29, 0.717) is 50.7 Å². The van der Waals surface area contributed by atoms with Crippen LogP contribution in [0.15, 0.2) is 24.3 Å². The van der Waals surface area contributed by atoms with Gasteiger partial charge in [0.25, 0.3) is 0 Å². The molecular formula is C40H63N3O6. The van der Waals surface area contributed by atoms with Crippen LogP contribution in [-0.2, 0) is 30.4 Å². The fourth-order valence-electron chi connectivity index (χ4n) is 7.69. The number of hydrogen-bond acceptors (Lipinski definition) is 7. The molecule has 0 aromatic heterocycles. The van der Waals surface area contributed by atoms with Crippen LogP contribution in [0.1, 0.15) is 142 Å². The van der Waals surface area contributed by atoms with Crippen molar-refractivity contribution in [3.05, 3.63) is 29.8 Å². The fourth-order valence-corrected chi connectivity index (χ4v) is 7.69. The van der Waals surface area contributed by atoms with Crippen LogP contribution < -0.4 is 4.74 Å². The zero-order chi connectivity index (χ0) is 36.0. The van der Waals surface area contributed by atoms with E-state index in [4.69, 9.17) is 4.74 Å². The SMILES string of the molecule is CCCCCC(=O)N1C(Cc2ccc(OC(=O)CCCN(C)C)cc2)C(=O)N(C(C(=O)CCCCCCC(C)=O)C(C)CC)C12CCCC2. The molecule has 3 unspecified atom stereocenters. The van der Waals surface area contributed by atoms with Gasteiger partial charge in [0, 0.05) is 32.1 Å². The number of rotatable bonds is 22. The lowest BCUT2D eigenvalue weighted by Gasteiger charge is -2.46. The third-order valence-electron chi connectivity index (χ3n) is 10.5. The Kier molecular flexibility index (Phi) is 16.4. The van der Waals surface area contributed by atoms with Crippen molar-refractivity contribution in [2.24, 2.45) is 5.92 Å². The summed E-state index contributed by atoms with van der Waals surface area (Å²) in [7, 11) is 3.94. The Labute approximate surface area is 295 Å². The zero-order valence-corrected chi connectivity index (χ0v) is 31.3. The molecule has 1 saturated carbocycles. The van der Waals surface area contributed by atoms with Gasteiger partial charge >= 0.3 is 5.97 Å². The topological polar surface area (TPSA) is 104 Å². The monoisotopic (exact) mass is 681 g/mol. The molecule has 3 rings (SSSR count). The highest BCUT2D eigenvalue weighted by molar-refractivity contribution is 5.97. The molecule has 1 spiro atoms. The summed E-state index contributed by atoms with van der Waals surface area (Å²) in [6.07, 6.45) is 12.7. The molecule has 1 aliphatic carbocycles. The Morgan fingerprint density at radius 3 is 2.10 bits per heavy atom. The van der Waals surface area contributed by atoms with Crippen molar-refractivity contribution < 1.29 is 28.7 Å². The van der Waals surface area contributed by atoms with Gasteiger partial charge in [-0.05, 0) is 103 Å². The maximum atomic E-state index is 14.8. The summed E-state index contributed by atoms with van der Waals surface area (Å²) in [4.78, 5) is 72.7. The molecule has 0 radical (unpaired) electrons. The van der Waals surface area contributed by atoms with Gasteiger partial charge in [0.05, 0.1) is 6.04 Å². The maximum Gasteiger partial charge on any atom is 0.311 e. The number of Topliss-reactive ketones (excluding diaryl/α,β-unsaturated/α-hetero) is 2. The van der Waals surface area contributed by atoms with Gasteiger partial charge in [-0.3, -0.25) is 19.2 Å². The van der Waals surface area contributed by atoms with Crippen molar-refractivity contribution in [3.8, 4) is 5.75 Å². The minimum atomic E-state index is -0.793. The number of benzene rings is 1. The molecule has 1 aromatic carbocycles. The van der Waals surface area contributed by atoms with Gasteiger partial charge in [0.1, 0.15) is 23.2 Å². The summed E-state index contributed by atoms with van der Waals surface area (Å²) < 4.78 is 5.56. The summed E-state index contributed by atoms with van der Waals surface area (Å²) in [5.41, 5.74) is 0.0855. The van der Waals surface area contributed by atoms with Crippen LogP contribution in [0, 0.1) is 5.92 Å². The number of ether oxygens (including phenoxy) is 1. The predicted molar refractivity (Wildman–Crippen MR) is 193 cm³/mol. The van der Waals surface area contributed by atoms with Crippen LogP contribution in [0.2, 0.25) is 0 Å². The molecule has 49 heavy (non-hydrogen) atoms. The first-order chi connectivity index (χ1) is 23.4. The molecule has 1 heterocycles. The highest BCUT2D eigenvalue weighted by atomic mass is 16.5. The molecule has 2 fully saturated rings. The van der Waals surface area contributed by atoms with Crippen molar-refractivity contribution in [1.29, 1.82) is 0 Å². The average molecular weight is 682 g/mol. The lowest BCUT2D eigenvalue weighted by Crippen LogP contribution is -2.60. The minimum Gasteiger partial charge on any atom is -0.427 e. The molecule has 274 valence electrons. The normalized spacial score (nSPS) is 18.3. The van der Waals surface area contributed by atoms with Crippen molar-refractivity contribution in [3.63, 3.8) is 0 Å². The Morgan fingerprint density at radius 1 is 0.878 bits per heavy atom. The van der Waals surface area contributed by atoms with E-state index >= 15 is 0 Å². The van der Waals surface area contributed by atoms with Crippen LogP contribution in [-0.4, -0.2) is 82.4 Å².